The van der Waals surface area contributed by atoms with Crippen LogP contribution < -0.4 is 5.73 Å². The number of aliphatic carboxylic acids is 2. The summed E-state index contributed by atoms with van der Waals surface area (Å²) in [6.45, 7) is -0.000945. The molecule has 0 aromatic rings. The summed E-state index contributed by atoms with van der Waals surface area (Å²) in [4.78, 5) is 30.4. The fraction of sp³-hybridized carbons (Fsp3) is 0.750. The van der Waals surface area contributed by atoms with Crippen molar-refractivity contribution in [1.82, 2.24) is 0 Å². The van der Waals surface area contributed by atoms with Crippen LogP contribution in [0.25, 0.3) is 0 Å². The van der Waals surface area contributed by atoms with E-state index in [1.807, 2.05) is 0 Å². The Kier molecular flexibility index (Phi) is 6.25. The molecule has 0 amide bonds. The fourth-order valence-corrected chi connectivity index (χ4v) is 2.84. The molecule has 5 N–H and O–H groups in total. The van der Waals surface area contributed by atoms with Crippen LogP contribution in [0.2, 0.25) is 0 Å². The maximum atomic E-state index is 11.4. The van der Waals surface area contributed by atoms with Crippen molar-refractivity contribution in [2.45, 2.75) is 12.8 Å². The Bertz CT molecular complexity index is 305. The molecule has 2 unspecified atom stereocenters. The molecule has 2 atom stereocenters. The van der Waals surface area contributed by atoms with Gasteiger partial charge < -0.3 is 20.8 Å². The first-order chi connectivity index (χ1) is 7.28. The minimum absolute atomic E-state index is 0.000945. The van der Waals surface area contributed by atoms with Crippen LogP contribution in [0.4, 0.5) is 0 Å². The van der Waals surface area contributed by atoms with Gasteiger partial charge >= 0.3 is 11.9 Å². The lowest BCUT2D eigenvalue weighted by Crippen LogP contribution is -2.21. The summed E-state index contributed by atoms with van der Waals surface area (Å²) in [7, 11) is -3.56. The van der Waals surface area contributed by atoms with Gasteiger partial charge in [0.1, 0.15) is 0 Å². The van der Waals surface area contributed by atoms with Gasteiger partial charge in [-0.2, -0.15) is 0 Å². The molecule has 0 saturated carbocycles. The normalized spacial score (nSPS) is 16.4. The number of rotatable bonds is 8. The second-order valence-electron chi connectivity index (χ2n) is 3.51. The van der Waals surface area contributed by atoms with Crippen LogP contribution in [0.15, 0.2) is 0 Å². The molecule has 0 aliphatic heterocycles. The first-order valence-electron chi connectivity index (χ1n) is 4.74. The molecule has 0 aromatic heterocycles. The van der Waals surface area contributed by atoms with Gasteiger partial charge in [0.2, 0.25) is 7.37 Å². The lowest BCUT2D eigenvalue weighted by Gasteiger charge is -2.15. The Balaban J connectivity index is 4.39. The molecule has 7 nitrogen and oxygen atoms in total. The highest BCUT2D eigenvalue weighted by Crippen LogP contribution is 2.42. The van der Waals surface area contributed by atoms with Crippen molar-refractivity contribution in [3.8, 4) is 0 Å². The number of carbonyl (C=O) groups is 2. The lowest BCUT2D eigenvalue weighted by molar-refractivity contribution is -0.142. The second kappa shape index (κ2) is 6.62. The predicted molar refractivity (Wildman–Crippen MR) is 56.6 cm³/mol. The number of carboxylic acids is 2. The molecule has 0 aliphatic carbocycles. The third-order valence-corrected chi connectivity index (χ3v) is 4.01. The Hall–Kier alpha value is -0.910. The fourth-order valence-electron chi connectivity index (χ4n) is 1.23. The first kappa shape index (κ1) is 15.1. The zero-order valence-corrected chi connectivity index (χ0v) is 9.60. The van der Waals surface area contributed by atoms with Crippen molar-refractivity contribution in [2.24, 2.45) is 11.7 Å². The van der Waals surface area contributed by atoms with Crippen LogP contribution in [0, 0.1) is 5.92 Å². The maximum absolute atomic E-state index is 11.4. The zero-order chi connectivity index (χ0) is 12.8. The van der Waals surface area contributed by atoms with Gasteiger partial charge in [-0.3, -0.25) is 14.2 Å². The number of nitrogens with two attached hydrogens (primary N) is 1. The minimum atomic E-state index is -3.56. The molecular formula is C8H16NO6P. The molecule has 0 heterocycles. The summed E-state index contributed by atoms with van der Waals surface area (Å²) < 4.78 is 11.4. The molecule has 0 radical (unpaired) electrons. The summed E-state index contributed by atoms with van der Waals surface area (Å²) in [5, 5.41) is 17.2. The van der Waals surface area contributed by atoms with E-state index in [0.717, 1.165) is 0 Å². The van der Waals surface area contributed by atoms with Crippen LogP contribution in [0.3, 0.4) is 0 Å². The van der Waals surface area contributed by atoms with Crippen LogP contribution in [-0.4, -0.2) is 45.9 Å². The summed E-state index contributed by atoms with van der Waals surface area (Å²) in [5.74, 6) is -3.50. The Morgan fingerprint density at radius 2 is 1.88 bits per heavy atom. The van der Waals surface area contributed by atoms with Crippen molar-refractivity contribution in [3.05, 3.63) is 0 Å². The van der Waals surface area contributed by atoms with E-state index in [1.54, 1.807) is 0 Å². The largest absolute Gasteiger partial charge is 0.481 e. The van der Waals surface area contributed by atoms with E-state index >= 15 is 0 Å². The summed E-state index contributed by atoms with van der Waals surface area (Å²) in [6, 6.07) is 0. The van der Waals surface area contributed by atoms with E-state index in [2.05, 4.69) is 0 Å². The molecule has 0 bridgehead atoms. The van der Waals surface area contributed by atoms with E-state index < -0.39 is 31.4 Å². The van der Waals surface area contributed by atoms with Crippen molar-refractivity contribution in [3.63, 3.8) is 0 Å². The minimum Gasteiger partial charge on any atom is -0.481 e. The van der Waals surface area contributed by atoms with Gasteiger partial charge in [-0.1, -0.05) is 0 Å². The molecule has 0 aliphatic rings. The quantitative estimate of drug-likeness (QED) is 0.438. The van der Waals surface area contributed by atoms with Crippen molar-refractivity contribution in [2.75, 3.05) is 18.9 Å². The zero-order valence-electron chi connectivity index (χ0n) is 8.70. The number of carboxylic acid groups (broad SMARTS) is 2. The monoisotopic (exact) mass is 253 g/mol. The highest BCUT2D eigenvalue weighted by molar-refractivity contribution is 7.58. The average molecular weight is 253 g/mol. The number of hydrogen-bond acceptors (Lipinski definition) is 4. The second-order valence-corrected chi connectivity index (χ2v) is 6.01. The lowest BCUT2D eigenvalue weighted by atomic mass is 10.1. The van der Waals surface area contributed by atoms with Crippen molar-refractivity contribution >= 4 is 19.3 Å². The molecule has 0 aromatic carbocycles. The Morgan fingerprint density at radius 3 is 2.25 bits per heavy atom. The van der Waals surface area contributed by atoms with Crippen molar-refractivity contribution in [1.29, 1.82) is 0 Å². The van der Waals surface area contributed by atoms with Gasteiger partial charge in [0, 0.05) is 25.3 Å². The topological polar surface area (TPSA) is 138 Å². The molecule has 0 rings (SSSR count). The van der Waals surface area contributed by atoms with Gasteiger partial charge in [0.25, 0.3) is 0 Å². The van der Waals surface area contributed by atoms with E-state index in [9.17, 15) is 19.0 Å². The van der Waals surface area contributed by atoms with Gasteiger partial charge in [-0.05, 0) is 6.42 Å². The van der Waals surface area contributed by atoms with Crippen LogP contribution in [0.5, 0.6) is 0 Å². The van der Waals surface area contributed by atoms with Crippen LogP contribution in [0.1, 0.15) is 12.8 Å². The molecule has 0 saturated heterocycles. The van der Waals surface area contributed by atoms with Gasteiger partial charge in [-0.15, -0.1) is 0 Å². The maximum Gasteiger partial charge on any atom is 0.307 e. The third-order valence-electron chi connectivity index (χ3n) is 2.04. The Labute approximate surface area is 92.7 Å². The molecule has 0 fully saturated rings. The molecular weight excluding hydrogens is 237 g/mol. The van der Waals surface area contributed by atoms with E-state index in [4.69, 9.17) is 15.9 Å². The first-order valence-corrected chi connectivity index (χ1v) is 6.77. The van der Waals surface area contributed by atoms with Crippen LogP contribution >= 0.6 is 7.37 Å². The Morgan fingerprint density at radius 1 is 1.31 bits per heavy atom. The van der Waals surface area contributed by atoms with Crippen molar-refractivity contribution < 1.29 is 29.3 Å². The SMILES string of the molecule is NCCP(=O)(O)CC(CCC(=O)O)C(=O)O. The smallest absolute Gasteiger partial charge is 0.307 e. The van der Waals surface area contributed by atoms with Gasteiger partial charge in [0.05, 0.1) is 5.92 Å². The highest BCUT2D eigenvalue weighted by Gasteiger charge is 2.28. The molecule has 8 heteroatoms. The standard InChI is InChI=1S/C8H16NO6P/c9-3-4-16(14,15)5-6(8(12)13)1-2-7(10)11/h6H,1-5,9H2,(H,10,11)(H,12,13)(H,14,15). The van der Waals surface area contributed by atoms with E-state index in [0.29, 0.717) is 0 Å². The van der Waals surface area contributed by atoms with E-state index in [1.165, 1.54) is 0 Å². The van der Waals surface area contributed by atoms with E-state index in [-0.39, 0.29) is 25.5 Å². The third kappa shape index (κ3) is 6.55. The summed E-state index contributed by atoms with van der Waals surface area (Å²) in [6.07, 6.45) is -1.06. The molecule has 94 valence electrons. The number of hydrogen-bond donors (Lipinski definition) is 4. The molecule has 16 heavy (non-hydrogen) atoms. The summed E-state index contributed by atoms with van der Waals surface area (Å²) >= 11 is 0. The van der Waals surface area contributed by atoms with Crippen LogP contribution in [-0.2, 0) is 14.2 Å². The van der Waals surface area contributed by atoms with Gasteiger partial charge in [-0.25, -0.2) is 0 Å². The van der Waals surface area contributed by atoms with Gasteiger partial charge in [0.15, 0.2) is 0 Å². The average Bonchev–Trinajstić information content (AvgIpc) is 2.11. The summed E-state index contributed by atoms with van der Waals surface area (Å²) in [5.41, 5.74) is 5.11. The highest BCUT2D eigenvalue weighted by atomic mass is 31.2. The molecule has 0 spiro atoms. The predicted octanol–water partition coefficient (Wildman–Crippen LogP) is -0.219.